The standard InChI is InChI=1S/C37H45ClFN3O6S/c1-3-47-36(45)24-10-12-27(13-11-24)48-37(41-16-6-7-17-41,42-18-14-26(46-2)15-19-42)34(43)21-25-20-30(38)32(22-31(25)39)40-35(44)29-23-49-33-9-5-4-8-28(29)33/h4-5,8-9,20,22-24,26-27H,3,6-7,10-19,21H2,1-2H3,(H,40,44). The predicted molar refractivity (Wildman–Crippen MR) is 189 cm³/mol. The fourth-order valence-corrected chi connectivity index (χ4v) is 8.72. The van der Waals surface area contributed by atoms with E-state index in [1.54, 1.807) is 12.5 Å². The largest absolute Gasteiger partial charge is 0.466 e. The highest BCUT2D eigenvalue weighted by molar-refractivity contribution is 7.17. The van der Waals surface area contributed by atoms with E-state index in [0.717, 1.165) is 35.8 Å². The van der Waals surface area contributed by atoms with E-state index in [4.69, 9.17) is 25.8 Å². The van der Waals surface area contributed by atoms with Crippen molar-refractivity contribution >= 4 is 56.4 Å². The number of Topliss-reactive ketones (excluding diaryl/α,β-unsaturated/α-hetero) is 1. The number of hydrogen-bond donors (Lipinski definition) is 1. The van der Waals surface area contributed by atoms with Gasteiger partial charge in [-0.05, 0) is 82.1 Å². The molecule has 12 heteroatoms. The van der Waals surface area contributed by atoms with Gasteiger partial charge in [0.2, 0.25) is 5.85 Å². The highest BCUT2D eigenvalue weighted by Gasteiger charge is 2.53. The molecule has 49 heavy (non-hydrogen) atoms. The minimum atomic E-state index is -1.40. The quantitative estimate of drug-likeness (QED) is 0.200. The monoisotopic (exact) mass is 713 g/mol. The van der Waals surface area contributed by atoms with Crippen LogP contribution in [-0.4, -0.2) is 85.4 Å². The predicted octanol–water partition coefficient (Wildman–Crippen LogP) is 7.06. The molecule has 0 bridgehead atoms. The maximum Gasteiger partial charge on any atom is 0.308 e. The summed E-state index contributed by atoms with van der Waals surface area (Å²) in [5.74, 6) is -3.03. The first kappa shape index (κ1) is 35.9. The molecule has 1 saturated carbocycles. The summed E-state index contributed by atoms with van der Waals surface area (Å²) in [4.78, 5) is 44.7. The maximum absolute atomic E-state index is 15.9. The molecule has 2 saturated heterocycles. The highest BCUT2D eigenvalue weighted by Crippen LogP contribution is 2.38. The SMILES string of the molecule is CCOC(=O)C1CCC(OC(C(=O)Cc2cc(Cl)c(NC(=O)c3csc4ccccc34)cc2F)(N2CCCC2)N2CCC(OC)CC2)CC1. The van der Waals surface area contributed by atoms with Crippen LogP contribution in [0.25, 0.3) is 10.1 Å². The second-order valence-electron chi connectivity index (χ2n) is 13.2. The molecule has 1 atom stereocenters. The smallest absolute Gasteiger partial charge is 0.308 e. The molecule has 3 aromatic rings. The van der Waals surface area contributed by atoms with Gasteiger partial charge >= 0.3 is 5.97 Å². The van der Waals surface area contributed by atoms with Gasteiger partial charge in [0, 0.05) is 55.2 Å². The zero-order valence-electron chi connectivity index (χ0n) is 28.2. The average Bonchev–Trinajstić information content (AvgIpc) is 3.81. The average molecular weight is 714 g/mol. The van der Waals surface area contributed by atoms with E-state index in [2.05, 4.69) is 15.1 Å². The van der Waals surface area contributed by atoms with Crippen LogP contribution in [0.1, 0.15) is 74.2 Å². The number of carbonyl (C=O) groups is 3. The Bertz CT molecular complexity index is 1650. The molecule has 2 aromatic carbocycles. The first-order valence-corrected chi connectivity index (χ1v) is 18.6. The summed E-state index contributed by atoms with van der Waals surface area (Å²) < 4.78 is 34.8. The van der Waals surface area contributed by atoms with Gasteiger partial charge in [-0.3, -0.25) is 24.2 Å². The summed E-state index contributed by atoms with van der Waals surface area (Å²) in [6, 6.07) is 10.2. The van der Waals surface area contributed by atoms with Crippen LogP contribution in [-0.2, 0) is 30.2 Å². The van der Waals surface area contributed by atoms with Crippen LogP contribution in [0.2, 0.25) is 5.02 Å². The van der Waals surface area contributed by atoms with E-state index in [1.807, 2.05) is 31.2 Å². The summed E-state index contributed by atoms with van der Waals surface area (Å²) in [7, 11) is 1.71. The molecule has 1 aromatic heterocycles. The number of amides is 1. The molecule has 1 unspecified atom stereocenters. The molecule has 1 N–H and O–H groups in total. The van der Waals surface area contributed by atoms with Crippen molar-refractivity contribution in [2.24, 2.45) is 5.92 Å². The Balaban J connectivity index is 1.25. The molecule has 264 valence electrons. The van der Waals surface area contributed by atoms with Crippen molar-refractivity contribution in [2.45, 2.75) is 82.8 Å². The zero-order chi connectivity index (χ0) is 34.5. The first-order valence-electron chi connectivity index (χ1n) is 17.4. The van der Waals surface area contributed by atoms with Gasteiger partial charge in [0.05, 0.1) is 41.0 Å². The molecule has 0 spiro atoms. The van der Waals surface area contributed by atoms with Gasteiger partial charge in [-0.2, -0.15) is 0 Å². The second kappa shape index (κ2) is 16.0. The first-order chi connectivity index (χ1) is 23.7. The Kier molecular flexibility index (Phi) is 11.7. The minimum absolute atomic E-state index is 0.0914. The van der Waals surface area contributed by atoms with E-state index in [1.165, 1.54) is 23.5 Å². The minimum Gasteiger partial charge on any atom is -0.466 e. The number of halogens is 2. The number of nitrogens with one attached hydrogen (secondary N) is 1. The topological polar surface area (TPSA) is 97.4 Å². The number of esters is 1. The van der Waals surface area contributed by atoms with Gasteiger partial charge in [0.1, 0.15) is 5.82 Å². The number of anilines is 1. The van der Waals surface area contributed by atoms with Crippen molar-refractivity contribution in [2.75, 3.05) is 45.2 Å². The summed E-state index contributed by atoms with van der Waals surface area (Å²) in [5, 5.41) is 5.49. The molecule has 0 radical (unpaired) electrons. The third-order valence-electron chi connectivity index (χ3n) is 10.2. The highest BCUT2D eigenvalue weighted by atomic mass is 35.5. The number of hydrogen-bond acceptors (Lipinski definition) is 9. The Labute approximate surface area is 296 Å². The number of nitrogens with zero attached hydrogens (tertiary/aromatic N) is 2. The van der Waals surface area contributed by atoms with Crippen LogP contribution in [0.5, 0.6) is 0 Å². The van der Waals surface area contributed by atoms with Gasteiger partial charge in [-0.25, -0.2) is 4.39 Å². The molecular weight excluding hydrogens is 669 g/mol. The number of methoxy groups -OCH3 is 1. The number of ether oxygens (including phenoxy) is 3. The van der Waals surface area contributed by atoms with Crippen LogP contribution in [0.3, 0.4) is 0 Å². The lowest BCUT2D eigenvalue weighted by molar-refractivity contribution is -0.261. The number of likely N-dealkylation sites (tertiary alicyclic amines) is 2. The summed E-state index contributed by atoms with van der Waals surface area (Å²) in [6.45, 7) is 4.69. The number of ketones is 1. The lowest BCUT2D eigenvalue weighted by Gasteiger charge is -2.51. The van der Waals surface area contributed by atoms with Crippen LogP contribution in [0, 0.1) is 11.7 Å². The van der Waals surface area contributed by atoms with Crippen LogP contribution < -0.4 is 5.32 Å². The second-order valence-corrected chi connectivity index (χ2v) is 14.5. The Morgan fingerprint density at radius 1 is 0.980 bits per heavy atom. The fraction of sp³-hybridized carbons (Fsp3) is 0.541. The van der Waals surface area contributed by atoms with E-state index in [0.29, 0.717) is 64.0 Å². The molecule has 3 heterocycles. The normalized spacial score (nSPS) is 22.2. The molecular formula is C37H45ClFN3O6S. The van der Waals surface area contributed by atoms with Crippen molar-refractivity contribution in [3.63, 3.8) is 0 Å². The molecule has 3 fully saturated rings. The van der Waals surface area contributed by atoms with E-state index >= 15 is 4.39 Å². The molecule has 9 nitrogen and oxygen atoms in total. The van der Waals surface area contributed by atoms with E-state index < -0.39 is 11.7 Å². The fourth-order valence-electron chi connectivity index (χ4n) is 7.54. The van der Waals surface area contributed by atoms with Crippen molar-refractivity contribution < 1.29 is 33.0 Å². The van der Waals surface area contributed by atoms with E-state index in [-0.39, 0.29) is 58.5 Å². The maximum atomic E-state index is 15.9. The van der Waals surface area contributed by atoms with Crippen molar-refractivity contribution in [3.8, 4) is 0 Å². The number of fused-ring (bicyclic) bond motifs is 1. The third kappa shape index (κ3) is 7.72. The van der Waals surface area contributed by atoms with Gasteiger partial charge in [-0.15, -0.1) is 11.3 Å². The molecule has 1 aliphatic carbocycles. The summed E-state index contributed by atoms with van der Waals surface area (Å²) in [6.07, 6.45) is 5.42. The molecule has 3 aliphatic rings. The van der Waals surface area contributed by atoms with Crippen LogP contribution >= 0.6 is 22.9 Å². The Morgan fingerprint density at radius 2 is 1.67 bits per heavy atom. The number of piperidine rings is 1. The number of thiophene rings is 1. The third-order valence-corrected chi connectivity index (χ3v) is 11.5. The van der Waals surface area contributed by atoms with Gasteiger partial charge in [-0.1, -0.05) is 29.8 Å². The van der Waals surface area contributed by atoms with Crippen molar-refractivity contribution in [1.29, 1.82) is 0 Å². The number of carbonyl (C=O) groups excluding carboxylic acids is 3. The summed E-state index contributed by atoms with van der Waals surface area (Å²) >= 11 is 8.11. The van der Waals surface area contributed by atoms with Gasteiger partial charge < -0.3 is 19.5 Å². The lowest BCUT2D eigenvalue weighted by atomic mass is 9.87. The van der Waals surface area contributed by atoms with Gasteiger partial charge in [0.15, 0.2) is 5.78 Å². The van der Waals surface area contributed by atoms with Crippen LogP contribution in [0.4, 0.5) is 10.1 Å². The number of benzene rings is 2. The molecule has 6 rings (SSSR count). The van der Waals surface area contributed by atoms with Crippen molar-refractivity contribution in [3.05, 3.63) is 63.7 Å². The van der Waals surface area contributed by atoms with E-state index in [9.17, 15) is 14.4 Å². The zero-order valence-corrected chi connectivity index (χ0v) is 29.8. The number of rotatable bonds is 12. The Hall–Kier alpha value is -2.93. The molecule has 2 aliphatic heterocycles. The molecule has 1 amide bonds. The van der Waals surface area contributed by atoms with Crippen LogP contribution in [0.15, 0.2) is 41.8 Å². The van der Waals surface area contributed by atoms with Crippen molar-refractivity contribution in [1.82, 2.24) is 9.80 Å². The Morgan fingerprint density at radius 3 is 2.37 bits per heavy atom. The summed E-state index contributed by atoms with van der Waals surface area (Å²) in [5.41, 5.74) is 0.758. The lowest BCUT2D eigenvalue weighted by Crippen LogP contribution is -2.69. The van der Waals surface area contributed by atoms with Gasteiger partial charge in [0.25, 0.3) is 5.91 Å².